The Hall–Kier alpha value is -2.35. The van der Waals surface area contributed by atoms with Crippen molar-refractivity contribution >= 4 is 16.4 Å². The minimum absolute atomic E-state index is 0.0426. The van der Waals surface area contributed by atoms with Gasteiger partial charge in [-0.25, -0.2) is 0 Å². The largest absolute Gasteiger partial charge is 0.497 e. The van der Waals surface area contributed by atoms with E-state index in [1.165, 1.54) is 0 Å². The van der Waals surface area contributed by atoms with Gasteiger partial charge in [0.05, 0.1) is 33.5 Å². The van der Waals surface area contributed by atoms with E-state index in [0.29, 0.717) is 33.0 Å². The molecule has 1 fully saturated rings. The summed E-state index contributed by atoms with van der Waals surface area (Å²) >= 11 is 0. The monoisotopic (exact) mass is 694 g/mol. The standard InChI is InChI=1S/C39H58O7Si2/c1-39(2,3)48(8,9)45-29-34-35(42-26-30-16-12-10-13-17-30)36(43-28-32-20-22-33(40-4)23-21-32)37(44-27-31-18-14-11-15-19-31)38(46-34)41-24-25-47(5,6)7/h10-23,34-38H,24-29H2,1-9H3/t34-,35-,36+,37-,38-/m1/s1. The Morgan fingerprint density at radius 3 is 1.62 bits per heavy atom. The van der Waals surface area contributed by atoms with Gasteiger partial charge in [0.1, 0.15) is 30.2 Å². The van der Waals surface area contributed by atoms with Crippen LogP contribution in [0.4, 0.5) is 0 Å². The SMILES string of the molecule is COc1ccc(CO[C@@H]2[C@@H](OCc3ccccc3)[C@H](OCC[Si](C)(C)C)O[C@H](CO[Si](C)(C)C(C)(C)C)[C@H]2OCc2ccccc2)cc1. The van der Waals surface area contributed by atoms with E-state index >= 15 is 0 Å². The molecule has 0 aliphatic carbocycles. The van der Waals surface area contributed by atoms with E-state index in [-0.39, 0.29) is 5.04 Å². The van der Waals surface area contributed by atoms with Crippen LogP contribution in [0, 0.1) is 0 Å². The van der Waals surface area contributed by atoms with Crippen molar-refractivity contribution in [2.75, 3.05) is 20.3 Å². The average Bonchev–Trinajstić information content (AvgIpc) is 3.05. The molecule has 5 atom stereocenters. The fraction of sp³-hybridized carbons (Fsp3) is 0.538. The molecule has 0 N–H and O–H groups in total. The zero-order chi connectivity index (χ0) is 34.8. The molecule has 4 rings (SSSR count). The normalized spacial score (nSPS) is 22.1. The molecule has 0 unspecified atom stereocenters. The molecule has 1 heterocycles. The van der Waals surface area contributed by atoms with Crippen molar-refractivity contribution in [2.45, 2.75) is 115 Å². The molecule has 0 radical (unpaired) electrons. The Kier molecular flexibility index (Phi) is 14.1. The second-order valence-electron chi connectivity index (χ2n) is 15.4. The number of hydrogen-bond acceptors (Lipinski definition) is 7. The lowest BCUT2D eigenvalue weighted by Gasteiger charge is -2.47. The minimum Gasteiger partial charge on any atom is -0.497 e. The van der Waals surface area contributed by atoms with Crippen LogP contribution in [-0.4, -0.2) is 67.4 Å². The summed E-state index contributed by atoms with van der Waals surface area (Å²) in [6.07, 6.45) is -2.62. The summed E-state index contributed by atoms with van der Waals surface area (Å²) in [6, 6.07) is 29.4. The van der Waals surface area contributed by atoms with Gasteiger partial charge < -0.3 is 32.8 Å². The zero-order valence-electron chi connectivity index (χ0n) is 30.6. The van der Waals surface area contributed by atoms with Crippen molar-refractivity contribution in [3.8, 4) is 5.75 Å². The van der Waals surface area contributed by atoms with Gasteiger partial charge in [-0.05, 0) is 53.0 Å². The van der Waals surface area contributed by atoms with Crippen LogP contribution in [0.25, 0.3) is 0 Å². The third kappa shape index (κ3) is 11.6. The summed E-state index contributed by atoms with van der Waals surface area (Å²) in [4.78, 5) is 0. The lowest BCUT2D eigenvalue weighted by Crippen LogP contribution is -2.62. The Balaban J connectivity index is 1.69. The summed E-state index contributed by atoms with van der Waals surface area (Å²) in [5.74, 6) is 0.802. The highest BCUT2D eigenvalue weighted by Gasteiger charge is 2.50. The molecule has 1 aliphatic heterocycles. The molecule has 0 saturated carbocycles. The first kappa shape index (κ1) is 38.5. The van der Waals surface area contributed by atoms with E-state index in [1.54, 1.807) is 7.11 Å². The van der Waals surface area contributed by atoms with Crippen LogP contribution in [0.5, 0.6) is 5.75 Å². The molecule has 1 saturated heterocycles. The van der Waals surface area contributed by atoms with Gasteiger partial charge in [0, 0.05) is 14.7 Å². The highest BCUT2D eigenvalue weighted by Crippen LogP contribution is 2.38. The summed E-state index contributed by atoms with van der Waals surface area (Å²) in [6.45, 7) is 20.5. The van der Waals surface area contributed by atoms with Gasteiger partial charge >= 0.3 is 0 Å². The third-order valence-corrected chi connectivity index (χ3v) is 15.5. The molecule has 48 heavy (non-hydrogen) atoms. The summed E-state index contributed by atoms with van der Waals surface area (Å²) in [7, 11) is -1.81. The molecule has 7 nitrogen and oxygen atoms in total. The molecule has 264 valence electrons. The van der Waals surface area contributed by atoms with Crippen LogP contribution in [-0.2, 0) is 47.9 Å². The highest BCUT2D eigenvalue weighted by atomic mass is 28.4. The fourth-order valence-corrected chi connectivity index (χ4v) is 6.89. The zero-order valence-corrected chi connectivity index (χ0v) is 32.6. The van der Waals surface area contributed by atoms with Gasteiger partial charge in [0.15, 0.2) is 14.6 Å². The van der Waals surface area contributed by atoms with E-state index in [0.717, 1.165) is 28.5 Å². The van der Waals surface area contributed by atoms with Crippen LogP contribution in [0.2, 0.25) is 43.8 Å². The van der Waals surface area contributed by atoms with Gasteiger partial charge in [-0.3, -0.25) is 0 Å². The minimum atomic E-state index is -2.11. The predicted molar refractivity (Wildman–Crippen MR) is 198 cm³/mol. The Labute approximate surface area is 291 Å². The van der Waals surface area contributed by atoms with Gasteiger partial charge in [-0.15, -0.1) is 0 Å². The number of methoxy groups -OCH3 is 1. The topological polar surface area (TPSA) is 64.6 Å². The first-order chi connectivity index (χ1) is 22.8. The molecule has 0 aromatic heterocycles. The summed E-state index contributed by atoms with van der Waals surface area (Å²) < 4.78 is 46.1. The number of hydrogen-bond donors (Lipinski definition) is 0. The number of ether oxygens (including phenoxy) is 6. The molecule has 3 aromatic rings. The lowest BCUT2D eigenvalue weighted by molar-refractivity contribution is -0.325. The Bertz CT molecular complexity index is 1340. The van der Waals surface area contributed by atoms with Crippen molar-refractivity contribution in [1.82, 2.24) is 0 Å². The molecule has 9 heteroatoms. The number of benzene rings is 3. The van der Waals surface area contributed by atoms with E-state index in [4.69, 9.17) is 32.8 Å². The smallest absolute Gasteiger partial charge is 0.192 e. The summed E-state index contributed by atoms with van der Waals surface area (Å²) in [5.41, 5.74) is 3.17. The third-order valence-electron chi connectivity index (χ3n) is 9.31. The maximum atomic E-state index is 6.87. The average molecular weight is 695 g/mol. The van der Waals surface area contributed by atoms with Crippen molar-refractivity contribution in [3.63, 3.8) is 0 Å². The number of rotatable bonds is 17. The molecule has 0 bridgehead atoms. The maximum Gasteiger partial charge on any atom is 0.192 e. The second-order valence-corrected chi connectivity index (χ2v) is 25.9. The second kappa shape index (κ2) is 17.5. The Morgan fingerprint density at radius 2 is 1.12 bits per heavy atom. The Morgan fingerprint density at radius 1 is 0.625 bits per heavy atom. The highest BCUT2D eigenvalue weighted by molar-refractivity contribution is 6.76. The predicted octanol–water partition coefficient (Wildman–Crippen LogP) is 8.85. The van der Waals surface area contributed by atoms with E-state index in [2.05, 4.69) is 77.8 Å². The van der Waals surface area contributed by atoms with Crippen LogP contribution in [0.1, 0.15) is 37.5 Å². The van der Waals surface area contributed by atoms with Crippen LogP contribution < -0.4 is 4.74 Å². The summed E-state index contributed by atoms with van der Waals surface area (Å²) in [5, 5.41) is 0.0426. The van der Waals surface area contributed by atoms with Gasteiger partial charge in [-0.1, -0.05) is 113 Å². The lowest BCUT2D eigenvalue weighted by atomic mass is 9.98. The molecule has 1 aliphatic rings. The van der Waals surface area contributed by atoms with Gasteiger partial charge in [-0.2, -0.15) is 0 Å². The molecule has 0 amide bonds. The van der Waals surface area contributed by atoms with Crippen LogP contribution in [0.15, 0.2) is 84.9 Å². The van der Waals surface area contributed by atoms with Gasteiger partial charge in [0.2, 0.25) is 0 Å². The molecular weight excluding hydrogens is 637 g/mol. The van der Waals surface area contributed by atoms with Crippen LogP contribution in [0.3, 0.4) is 0 Å². The van der Waals surface area contributed by atoms with Crippen molar-refractivity contribution < 1.29 is 32.8 Å². The van der Waals surface area contributed by atoms with Crippen LogP contribution >= 0.6 is 0 Å². The first-order valence-corrected chi connectivity index (χ1v) is 23.8. The van der Waals surface area contributed by atoms with Crippen molar-refractivity contribution in [3.05, 3.63) is 102 Å². The van der Waals surface area contributed by atoms with Gasteiger partial charge in [0.25, 0.3) is 0 Å². The van der Waals surface area contributed by atoms with E-state index in [1.807, 2.05) is 60.7 Å². The fourth-order valence-electron chi connectivity index (χ4n) is 5.15. The van der Waals surface area contributed by atoms with E-state index < -0.39 is 47.1 Å². The van der Waals surface area contributed by atoms with Crippen molar-refractivity contribution in [1.29, 1.82) is 0 Å². The molecule has 3 aromatic carbocycles. The van der Waals surface area contributed by atoms with E-state index in [9.17, 15) is 0 Å². The first-order valence-electron chi connectivity index (χ1n) is 17.2. The molecular formula is C39H58O7Si2. The van der Waals surface area contributed by atoms with Crippen molar-refractivity contribution in [2.24, 2.45) is 0 Å². The quantitative estimate of drug-likeness (QED) is 0.131. The molecule has 0 spiro atoms. The maximum absolute atomic E-state index is 6.87.